The van der Waals surface area contributed by atoms with Crippen LogP contribution >= 0.6 is 0 Å². The van der Waals surface area contributed by atoms with Crippen molar-refractivity contribution in [3.8, 4) is 17.2 Å². The molecule has 0 aromatic heterocycles. The lowest BCUT2D eigenvalue weighted by molar-refractivity contribution is -0.160. The number of aliphatic hydroxyl groups excluding tert-OH is 1. The summed E-state index contributed by atoms with van der Waals surface area (Å²) in [7, 11) is 3.23. The second kappa shape index (κ2) is 5.92. The molecule has 0 saturated heterocycles. The number of ether oxygens (including phenoxy) is 3. The number of aliphatic hydroxyl groups is 1. The van der Waals surface area contributed by atoms with Crippen LogP contribution in [0.25, 0.3) is 0 Å². The summed E-state index contributed by atoms with van der Waals surface area (Å²) in [6.45, 7) is 4.20. The molecule has 1 aliphatic rings. The standard InChI is InChI=1S/C16H24O4/c1-5-16(6-2)13(17)10-14(16)20-15-11(18-3)8-7-9-12(15)19-4/h7-9,13-14,17H,5-6,10H2,1-4H3. The lowest BCUT2D eigenvalue weighted by Crippen LogP contribution is -2.59. The summed E-state index contributed by atoms with van der Waals surface area (Å²) in [6, 6.07) is 5.58. The smallest absolute Gasteiger partial charge is 0.203 e. The van der Waals surface area contributed by atoms with E-state index in [4.69, 9.17) is 14.2 Å². The van der Waals surface area contributed by atoms with Crippen molar-refractivity contribution < 1.29 is 19.3 Å². The van der Waals surface area contributed by atoms with Crippen LogP contribution in [0.2, 0.25) is 0 Å². The summed E-state index contributed by atoms with van der Waals surface area (Å²) in [5.74, 6) is 1.94. The highest BCUT2D eigenvalue weighted by atomic mass is 16.5. The Balaban J connectivity index is 2.26. The third-order valence-corrected chi connectivity index (χ3v) is 4.70. The van der Waals surface area contributed by atoms with Gasteiger partial charge in [-0.05, 0) is 25.0 Å². The average Bonchev–Trinajstić information content (AvgIpc) is 2.48. The minimum atomic E-state index is -0.289. The van der Waals surface area contributed by atoms with Gasteiger partial charge in [0.1, 0.15) is 6.10 Å². The van der Waals surface area contributed by atoms with E-state index in [-0.39, 0.29) is 17.6 Å². The fraction of sp³-hybridized carbons (Fsp3) is 0.625. The molecule has 112 valence electrons. The Bertz CT molecular complexity index is 432. The van der Waals surface area contributed by atoms with Gasteiger partial charge in [-0.3, -0.25) is 0 Å². The second-order valence-corrected chi connectivity index (χ2v) is 5.29. The van der Waals surface area contributed by atoms with Gasteiger partial charge < -0.3 is 19.3 Å². The summed E-state index contributed by atoms with van der Waals surface area (Å²) in [5.41, 5.74) is -0.161. The zero-order chi connectivity index (χ0) is 14.8. The van der Waals surface area contributed by atoms with Gasteiger partial charge in [0.2, 0.25) is 5.75 Å². The topological polar surface area (TPSA) is 47.9 Å². The Labute approximate surface area is 120 Å². The van der Waals surface area contributed by atoms with E-state index in [0.717, 1.165) is 12.8 Å². The van der Waals surface area contributed by atoms with Crippen LogP contribution in [0.15, 0.2) is 18.2 Å². The predicted octanol–water partition coefficient (Wildman–Crippen LogP) is 3.02. The zero-order valence-corrected chi connectivity index (χ0v) is 12.7. The van der Waals surface area contributed by atoms with E-state index in [0.29, 0.717) is 23.7 Å². The molecular formula is C16H24O4. The van der Waals surface area contributed by atoms with Gasteiger partial charge in [-0.25, -0.2) is 0 Å². The lowest BCUT2D eigenvalue weighted by Gasteiger charge is -2.52. The molecule has 0 aliphatic heterocycles. The van der Waals surface area contributed by atoms with Crippen molar-refractivity contribution in [1.29, 1.82) is 0 Å². The van der Waals surface area contributed by atoms with Gasteiger partial charge in [-0.15, -0.1) is 0 Å². The molecule has 0 amide bonds. The van der Waals surface area contributed by atoms with Crippen LogP contribution in [0.3, 0.4) is 0 Å². The zero-order valence-electron chi connectivity index (χ0n) is 12.7. The predicted molar refractivity (Wildman–Crippen MR) is 77.6 cm³/mol. The first kappa shape index (κ1) is 15.0. The number of hydrogen-bond donors (Lipinski definition) is 1. The van der Waals surface area contributed by atoms with Crippen molar-refractivity contribution in [1.82, 2.24) is 0 Å². The maximum atomic E-state index is 10.1. The fourth-order valence-electron chi connectivity index (χ4n) is 3.14. The summed E-state index contributed by atoms with van der Waals surface area (Å²) >= 11 is 0. The minimum Gasteiger partial charge on any atom is -0.493 e. The first-order chi connectivity index (χ1) is 9.62. The second-order valence-electron chi connectivity index (χ2n) is 5.29. The normalized spacial score (nSPS) is 23.9. The van der Waals surface area contributed by atoms with Crippen molar-refractivity contribution in [3.63, 3.8) is 0 Å². The molecule has 1 aromatic rings. The Kier molecular flexibility index (Phi) is 4.43. The van der Waals surface area contributed by atoms with Gasteiger partial charge in [0.15, 0.2) is 11.5 Å². The van der Waals surface area contributed by atoms with Gasteiger partial charge in [0.05, 0.1) is 20.3 Å². The van der Waals surface area contributed by atoms with E-state index < -0.39 is 0 Å². The molecule has 4 nitrogen and oxygen atoms in total. The van der Waals surface area contributed by atoms with Crippen molar-refractivity contribution in [2.45, 2.75) is 45.3 Å². The number of rotatable bonds is 6. The molecule has 2 rings (SSSR count). The quantitative estimate of drug-likeness (QED) is 0.870. The van der Waals surface area contributed by atoms with E-state index in [9.17, 15) is 5.11 Å². The van der Waals surface area contributed by atoms with Crippen LogP contribution < -0.4 is 14.2 Å². The minimum absolute atomic E-state index is 0.00213. The summed E-state index contributed by atoms with van der Waals surface area (Å²) in [6.07, 6.45) is 2.16. The molecule has 0 heterocycles. The molecule has 1 fully saturated rings. The first-order valence-electron chi connectivity index (χ1n) is 7.18. The van der Waals surface area contributed by atoms with Gasteiger partial charge in [0, 0.05) is 11.8 Å². The monoisotopic (exact) mass is 280 g/mol. The summed E-state index contributed by atoms with van der Waals surface area (Å²) in [5, 5.41) is 10.1. The Morgan fingerprint density at radius 2 is 1.70 bits per heavy atom. The number of para-hydroxylation sites is 1. The maximum absolute atomic E-state index is 10.1. The van der Waals surface area contributed by atoms with Crippen molar-refractivity contribution in [2.75, 3.05) is 14.2 Å². The largest absolute Gasteiger partial charge is 0.493 e. The Morgan fingerprint density at radius 3 is 2.10 bits per heavy atom. The molecule has 1 aromatic carbocycles. The van der Waals surface area contributed by atoms with Crippen molar-refractivity contribution >= 4 is 0 Å². The number of benzene rings is 1. The van der Waals surface area contributed by atoms with Gasteiger partial charge in [-0.2, -0.15) is 0 Å². The van der Waals surface area contributed by atoms with E-state index in [1.807, 2.05) is 18.2 Å². The molecule has 1 saturated carbocycles. The van der Waals surface area contributed by atoms with Crippen LogP contribution in [0.1, 0.15) is 33.1 Å². The molecule has 2 atom stereocenters. The maximum Gasteiger partial charge on any atom is 0.203 e. The number of hydrogen-bond acceptors (Lipinski definition) is 4. The van der Waals surface area contributed by atoms with E-state index in [1.54, 1.807) is 14.2 Å². The third kappa shape index (κ3) is 2.22. The van der Waals surface area contributed by atoms with Crippen molar-refractivity contribution in [3.05, 3.63) is 18.2 Å². The van der Waals surface area contributed by atoms with Crippen LogP contribution in [-0.2, 0) is 0 Å². The van der Waals surface area contributed by atoms with Crippen LogP contribution in [0.5, 0.6) is 17.2 Å². The molecule has 4 heteroatoms. The van der Waals surface area contributed by atoms with E-state index in [1.165, 1.54) is 0 Å². The highest BCUT2D eigenvalue weighted by molar-refractivity contribution is 5.51. The Hall–Kier alpha value is -1.42. The summed E-state index contributed by atoms with van der Waals surface area (Å²) < 4.78 is 16.9. The average molecular weight is 280 g/mol. The molecule has 1 aliphatic carbocycles. The van der Waals surface area contributed by atoms with Gasteiger partial charge >= 0.3 is 0 Å². The van der Waals surface area contributed by atoms with Gasteiger partial charge in [-0.1, -0.05) is 19.9 Å². The van der Waals surface area contributed by atoms with Crippen LogP contribution in [-0.4, -0.2) is 31.5 Å². The molecule has 1 N–H and O–H groups in total. The lowest BCUT2D eigenvalue weighted by atomic mass is 9.60. The fourth-order valence-corrected chi connectivity index (χ4v) is 3.14. The van der Waals surface area contributed by atoms with Crippen molar-refractivity contribution in [2.24, 2.45) is 5.41 Å². The Morgan fingerprint density at radius 1 is 1.15 bits per heavy atom. The van der Waals surface area contributed by atoms with Crippen LogP contribution in [0, 0.1) is 5.41 Å². The first-order valence-corrected chi connectivity index (χ1v) is 7.18. The third-order valence-electron chi connectivity index (χ3n) is 4.70. The van der Waals surface area contributed by atoms with E-state index in [2.05, 4.69) is 13.8 Å². The van der Waals surface area contributed by atoms with Gasteiger partial charge in [0.25, 0.3) is 0 Å². The SMILES string of the molecule is CCC1(CC)C(O)CC1Oc1c(OC)cccc1OC. The van der Waals surface area contributed by atoms with E-state index >= 15 is 0 Å². The molecule has 2 unspecified atom stereocenters. The van der Waals surface area contributed by atoms with Crippen LogP contribution in [0.4, 0.5) is 0 Å². The number of methoxy groups -OCH3 is 2. The highest BCUT2D eigenvalue weighted by Crippen LogP contribution is 2.51. The molecule has 0 spiro atoms. The molecule has 20 heavy (non-hydrogen) atoms. The summed E-state index contributed by atoms with van der Waals surface area (Å²) in [4.78, 5) is 0. The molecule has 0 bridgehead atoms. The molecular weight excluding hydrogens is 256 g/mol. The highest BCUT2D eigenvalue weighted by Gasteiger charge is 2.54. The molecule has 0 radical (unpaired) electrons.